The Labute approximate surface area is 102 Å². The van der Waals surface area contributed by atoms with Crippen molar-refractivity contribution in [1.29, 1.82) is 0 Å². The molecule has 0 rings (SSSR count). The molecule has 0 spiro atoms. The Morgan fingerprint density at radius 3 is 1.20 bits per heavy atom. The molecule has 0 aliphatic heterocycles. The zero-order chi connectivity index (χ0) is 12.5. The molecule has 2 nitrogen and oxygen atoms in total. The van der Waals surface area contributed by atoms with Crippen LogP contribution in [-0.4, -0.2) is 22.0 Å². The molecule has 0 heterocycles. The van der Waals surface area contributed by atoms with Crippen molar-refractivity contribution < 1.29 is 0 Å². The maximum atomic E-state index is 3.68. The summed E-state index contributed by atoms with van der Waals surface area (Å²) in [5, 5.41) is 0. The van der Waals surface area contributed by atoms with E-state index < -0.39 is 16.5 Å². The normalized spacial score (nSPS) is 14.2. The maximum absolute atomic E-state index is 3.68. The summed E-state index contributed by atoms with van der Waals surface area (Å²) in [7, 11) is 0. The molecular weight excluding hydrogens is 242 g/mol. The van der Waals surface area contributed by atoms with Crippen LogP contribution in [-0.2, 0) is 0 Å². The van der Waals surface area contributed by atoms with Crippen molar-refractivity contribution in [3.05, 3.63) is 0 Å². The van der Waals surface area contributed by atoms with Crippen molar-refractivity contribution in [2.45, 2.75) is 75.8 Å². The van der Waals surface area contributed by atoms with Crippen LogP contribution in [0.15, 0.2) is 0 Å². The Kier molecular flexibility index (Phi) is 5.00. The first-order valence-corrected chi connectivity index (χ1v) is 9.50. The van der Waals surface area contributed by atoms with Crippen molar-refractivity contribution in [3.8, 4) is 0 Å². The van der Waals surface area contributed by atoms with E-state index in [9.17, 15) is 0 Å². The van der Waals surface area contributed by atoms with Gasteiger partial charge in [-0.15, -0.1) is 0 Å². The van der Waals surface area contributed by atoms with Gasteiger partial charge in [0.1, 0.15) is 0 Å². The van der Waals surface area contributed by atoms with Gasteiger partial charge >= 0.3 is 102 Å². The Balaban J connectivity index is 4.56. The molecular formula is C12H29GaN2. The number of hydrogen-bond acceptors (Lipinski definition) is 2. The molecule has 0 aromatic rings. The third-order valence-corrected chi connectivity index (χ3v) is 10.5. The summed E-state index contributed by atoms with van der Waals surface area (Å²) in [6, 6.07) is 0. The summed E-state index contributed by atoms with van der Waals surface area (Å²) in [6.45, 7) is 20.8. The van der Waals surface area contributed by atoms with Crippen molar-refractivity contribution >= 4 is 16.5 Å². The second-order valence-electron chi connectivity index (χ2n) is 7.68. The van der Waals surface area contributed by atoms with Crippen molar-refractivity contribution in [3.63, 3.8) is 0 Å². The average molecular weight is 271 g/mol. The molecule has 15 heavy (non-hydrogen) atoms. The van der Waals surface area contributed by atoms with Crippen LogP contribution in [0.25, 0.3) is 0 Å². The third-order valence-electron chi connectivity index (χ3n) is 2.32. The van der Waals surface area contributed by atoms with Crippen LogP contribution in [0.4, 0.5) is 0 Å². The standard InChI is InChI=1S/C4H11N2.2C4H9.Ga/c1-4(2,3)6-5;2*1-4(2)3;/h5-6H,1-3H3;2*1-3H3;/q-1;;;+1. The predicted octanol–water partition coefficient (Wildman–Crippen LogP) is 3.47. The second-order valence-corrected chi connectivity index (χ2v) is 17.4. The van der Waals surface area contributed by atoms with Gasteiger partial charge in [-0.25, -0.2) is 0 Å². The van der Waals surface area contributed by atoms with E-state index in [1.165, 1.54) is 0 Å². The van der Waals surface area contributed by atoms with E-state index in [0.29, 0.717) is 7.94 Å². The quantitative estimate of drug-likeness (QED) is 0.593. The average Bonchev–Trinajstić information content (AvgIpc) is 1.75. The summed E-state index contributed by atoms with van der Waals surface area (Å²) in [6.07, 6.45) is 0. The van der Waals surface area contributed by atoms with Crippen LogP contribution < -0.4 is 9.56 Å². The zero-order valence-electron chi connectivity index (χ0n) is 12.1. The molecule has 0 amide bonds. The molecule has 0 unspecified atom stereocenters. The fourth-order valence-corrected chi connectivity index (χ4v) is 10.5. The molecule has 0 aliphatic carbocycles. The van der Waals surface area contributed by atoms with Crippen LogP contribution >= 0.6 is 0 Å². The first kappa shape index (κ1) is 15.6. The van der Waals surface area contributed by atoms with Gasteiger partial charge in [-0.2, -0.15) is 0 Å². The summed E-state index contributed by atoms with van der Waals surface area (Å²) in [5.41, 5.74) is 3.62. The molecule has 0 aromatic heterocycles. The predicted molar refractivity (Wildman–Crippen MR) is 71.2 cm³/mol. The molecule has 90 valence electrons. The van der Waals surface area contributed by atoms with E-state index in [1.807, 2.05) is 0 Å². The third kappa shape index (κ3) is 6.66. The summed E-state index contributed by atoms with van der Waals surface area (Å²) >= 11 is -1.60. The Hall–Kier alpha value is 0.556. The molecule has 0 fully saturated rings. The minimum atomic E-state index is -1.60. The molecule has 0 saturated carbocycles. The van der Waals surface area contributed by atoms with E-state index >= 15 is 0 Å². The van der Waals surface area contributed by atoms with E-state index in [0.717, 1.165) is 0 Å². The molecule has 2 N–H and O–H groups in total. The molecule has 0 aromatic carbocycles. The number of rotatable bonds is 2. The molecule has 3 heteroatoms. The van der Waals surface area contributed by atoms with Crippen molar-refractivity contribution in [2.75, 3.05) is 0 Å². The SMILES string of the molecule is CC(C)(C)N[NH][Ga]([C](C)(C)C)[C](C)(C)C. The first-order chi connectivity index (χ1) is 6.34. The van der Waals surface area contributed by atoms with Crippen LogP contribution in [0.5, 0.6) is 0 Å². The van der Waals surface area contributed by atoms with Crippen LogP contribution in [0, 0.1) is 0 Å². The molecule has 0 atom stereocenters. The summed E-state index contributed by atoms with van der Waals surface area (Å²) < 4.78 is 4.55. The topological polar surface area (TPSA) is 24.1 Å². The van der Waals surface area contributed by atoms with Gasteiger partial charge in [0.25, 0.3) is 0 Å². The van der Waals surface area contributed by atoms with Crippen molar-refractivity contribution in [2.24, 2.45) is 0 Å². The number of hydrazine groups is 1. The van der Waals surface area contributed by atoms with E-state index in [4.69, 9.17) is 0 Å². The first-order valence-electron chi connectivity index (χ1n) is 5.87. The Morgan fingerprint density at radius 2 is 1.00 bits per heavy atom. The van der Waals surface area contributed by atoms with Crippen molar-refractivity contribution in [1.82, 2.24) is 9.56 Å². The van der Waals surface area contributed by atoms with Gasteiger partial charge in [0.05, 0.1) is 0 Å². The molecule has 0 aliphatic rings. The van der Waals surface area contributed by atoms with Gasteiger partial charge in [0, 0.05) is 0 Å². The van der Waals surface area contributed by atoms with E-state index in [1.54, 1.807) is 0 Å². The fourth-order valence-electron chi connectivity index (χ4n) is 2.02. The van der Waals surface area contributed by atoms with Gasteiger partial charge in [0.2, 0.25) is 0 Å². The summed E-state index contributed by atoms with van der Waals surface area (Å²) in [5.74, 6) is 0. The van der Waals surface area contributed by atoms with E-state index in [-0.39, 0.29) is 5.54 Å². The van der Waals surface area contributed by atoms with Crippen LogP contribution in [0.2, 0.25) is 7.94 Å². The van der Waals surface area contributed by atoms with Gasteiger partial charge in [-0.05, 0) is 0 Å². The second kappa shape index (κ2) is 4.82. The van der Waals surface area contributed by atoms with Crippen LogP contribution in [0.3, 0.4) is 0 Å². The van der Waals surface area contributed by atoms with Gasteiger partial charge in [0.15, 0.2) is 0 Å². The molecule has 0 radical (unpaired) electrons. The van der Waals surface area contributed by atoms with Gasteiger partial charge in [-0.1, -0.05) is 0 Å². The van der Waals surface area contributed by atoms with E-state index in [2.05, 4.69) is 71.9 Å². The zero-order valence-corrected chi connectivity index (χ0v) is 14.5. The van der Waals surface area contributed by atoms with Gasteiger partial charge < -0.3 is 0 Å². The van der Waals surface area contributed by atoms with Gasteiger partial charge in [-0.3, -0.25) is 0 Å². The molecule has 0 saturated heterocycles. The minimum absolute atomic E-state index is 0.153. The fraction of sp³-hybridized carbons (Fsp3) is 1.00. The monoisotopic (exact) mass is 270 g/mol. The summed E-state index contributed by atoms with van der Waals surface area (Å²) in [4.78, 5) is 0. The Morgan fingerprint density at radius 1 is 0.667 bits per heavy atom. The number of nitrogens with one attached hydrogen (secondary N) is 2. The molecule has 0 bridgehead atoms. The Bertz CT molecular complexity index is 179. The van der Waals surface area contributed by atoms with Crippen LogP contribution in [0.1, 0.15) is 62.3 Å². The number of hydrogen-bond donors (Lipinski definition) is 2.